The fourth-order valence-corrected chi connectivity index (χ4v) is 2.46. The number of aromatic nitrogens is 1. The van der Waals surface area contributed by atoms with E-state index in [4.69, 9.17) is 5.26 Å². The number of hydrogen-bond donors (Lipinski definition) is 0. The van der Waals surface area contributed by atoms with Gasteiger partial charge in [0.1, 0.15) is 5.82 Å². The summed E-state index contributed by atoms with van der Waals surface area (Å²) in [5.74, 6) is 0.719. The summed E-state index contributed by atoms with van der Waals surface area (Å²) in [6.07, 6.45) is 3.52. The third kappa shape index (κ3) is 2.35. The van der Waals surface area contributed by atoms with Crippen LogP contribution in [0, 0.1) is 11.3 Å². The normalized spacial score (nSPS) is 13.9. The third-order valence-electron chi connectivity index (χ3n) is 3.58. The van der Waals surface area contributed by atoms with Crippen LogP contribution in [-0.4, -0.2) is 23.9 Å². The Morgan fingerprint density at radius 1 is 1.40 bits per heavy atom. The first kappa shape index (κ1) is 12.6. The Labute approximate surface area is 117 Å². The average molecular weight is 265 g/mol. The molecule has 0 spiro atoms. The Kier molecular flexibility index (Phi) is 3.34. The monoisotopic (exact) mass is 265 g/mol. The number of benzene rings is 1. The van der Waals surface area contributed by atoms with Crippen LogP contribution in [0.1, 0.15) is 29.6 Å². The van der Waals surface area contributed by atoms with Crippen molar-refractivity contribution in [1.29, 1.82) is 5.26 Å². The van der Waals surface area contributed by atoms with Gasteiger partial charge in [0, 0.05) is 18.0 Å². The van der Waals surface area contributed by atoms with Crippen LogP contribution in [0.2, 0.25) is 0 Å². The van der Waals surface area contributed by atoms with Crippen molar-refractivity contribution in [3.63, 3.8) is 0 Å². The first-order valence-corrected chi connectivity index (χ1v) is 6.82. The lowest BCUT2D eigenvalue weighted by Crippen LogP contribution is -2.28. The van der Waals surface area contributed by atoms with Crippen LogP contribution in [-0.2, 0) is 0 Å². The molecule has 0 unspecified atom stereocenters. The van der Waals surface area contributed by atoms with Gasteiger partial charge in [-0.3, -0.25) is 4.79 Å². The van der Waals surface area contributed by atoms with Gasteiger partial charge in [0.25, 0.3) is 0 Å². The molecule has 1 heterocycles. The highest BCUT2D eigenvalue weighted by atomic mass is 16.1. The number of carbonyl (C=O) groups excluding carboxylic acids is 1. The zero-order valence-electron chi connectivity index (χ0n) is 11.1. The highest BCUT2D eigenvalue weighted by molar-refractivity contribution is 5.91. The molecule has 20 heavy (non-hydrogen) atoms. The lowest BCUT2D eigenvalue weighted by Gasteiger charge is -2.24. The van der Waals surface area contributed by atoms with E-state index in [0.29, 0.717) is 24.6 Å². The molecule has 0 bridgehead atoms. The minimum Gasteiger partial charge on any atom is -0.352 e. The molecule has 4 heteroatoms. The van der Waals surface area contributed by atoms with Gasteiger partial charge in [-0.2, -0.15) is 5.26 Å². The second kappa shape index (κ2) is 5.30. The van der Waals surface area contributed by atoms with Crippen molar-refractivity contribution < 1.29 is 4.79 Å². The molecule has 2 aromatic rings. The topological polar surface area (TPSA) is 57.0 Å². The second-order valence-electron chi connectivity index (χ2n) is 5.04. The minimum absolute atomic E-state index is 0.427. The minimum atomic E-state index is 0.427. The molecule has 0 amide bonds. The number of nitriles is 1. The van der Waals surface area contributed by atoms with Gasteiger partial charge >= 0.3 is 0 Å². The zero-order valence-corrected chi connectivity index (χ0v) is 11.1. The number of rotatable bonds is 5. The quantitative estimate of drug-likeness (QED) is 0.780. The van der Waals surface area contributed by atoms with Crippen LogP contribution in [0.25, 0.3) is 10.9 Å². The highest BCUT2D eigenvalue weighted by Gasteiger charge is 2.31. The average Bonchev–Trinajstić information content (AvgIpc) is 3.31. The van der Waals surface area contributed by atoms with E-state index in [0.717, 1.165) is 35.8 Å². The van der Waals surface area contributed by atoms with Crippen molar-refractivity contribution in [3.05, 3.63) is 35.9 Å². The van der Waals surface area contributed by atoms with Crippen molar-refractivity contribution in [3.8, 4) is 6.07 Å². The lowest BCUT2D eigenvalue weighted by molar-refractivity contribution is 0.112. The first-order valence-electron chi connectivity index (χ1n) is 6.82. The molecular weight excluding hydrogens is 250 g/mol. The molecule has 1 aromatic carbocycles. The molecule has 1 aromatic heterocycles. The van der Waals surface area contributed by atoms with Gasteiger partial charge < -0.3 is 4.90 Å². The molecule has 4 nitrogen and oxygen atoms in total. The van der Waals surface area contributed by atoms with Gasteiger partial charge in [0.15, 0.2) is 6.29 Å². The fourth-order valence-electron chi connectivity index (χ4n) is 2.46. The first-order chi connectivity index (χ1) is 9.83. The summed E-state index contributed by atoms with van der Waals surface area (Å²) >= 11 is 0. The van der Waals surface area contributed by atoms with Gasteiger partial charge in [-0.1, -0.05) is 18.2 Å². The van der Waals surface area contributed by atoms with E-state index in [1.54, 1.807) is 0 Å². The number of aldehydes is 1. The maximum Gasteiger partial charge on any atom is 0.153 e. The van der Waals surface area contributed by atoms with Crippen LogP contribution < -0.4 is 4.90 Å². The molecule has 100 valence electrons. The molecule has 1 aliphatic rings. The maximum absolute atomic E-state index is 11.4. The van der Waals surface area contributed by atoms with Crippen LogP contribution in [0.3, 0.4) is 0 Å². The molecule has 0 saturated heterocycles. The van der Waals surface area contributed by atoms with Crippen LogP contribution in [0.5, 0.6) is 0 Å². The predicted octanol–water partition coefficient (Wildman–Crippen LogP) is 2.93. The number of hydrogen-bond acceptors (Lipinski definition) is 4. The maximum atomic E-state index is 11.4. The van der Waals surface area contributed by atoms with Crippen molar-refractivity contribution in [2.24, 2.45) is 0 Å². The molecule has 1 saturated carbocycles. The molecule has 0 radical (unpaired) electrons. The summed E-state index contributed by atoms with van der Waals surface area (Å²) in [6, 6.07) is 12.3. The molecule has 0 aliphatic heterocycles. The van der Waals surface area contributed by atoms with E-state index in [1.807, 2.05) is 30.3 Å². The number of nitrogens with zero attached hydrogens (tertiary/aromatic N) is 3. The fraction of sp³-hybridized carbons (Fsp3) is 0.312. The Morgan fingerprint density at radius 3 is 2.90 bits per heavy atom. The number of fused-ring (bicyclic) bond motifs is 1. The number of carbonyl (C=O) groups is 1. The van der Waals surface area contributed by atoms with Gasteiger partial charge in [0.05, 0.1) is 23.6 Å². The molecule has 1 aliphatic carbocycles. The zero-order chi connectivity index (χ0) is 13.9. The summed E-state index contributed by atoms with van der Waals surface area (Å²) in [5, 5.41) is 9.76. The summed E-state index contributed by atoms with van der Waals surface area (Å²) < 4.78 is 0. The summed E-state index contributed by atoms with van der Waals surface area (Å²) in [7, 11) is 0. The van der Waals surface area contributed by atoms with Gasteiger partial charge in [-0.15, -0.1) is 0 Å². The van der Waals surface area contributed by atoms with E-state index >= 15 is 0 Å². The Bertz CT molecular complexity index is 686. The lowest BCUT2D eigenvalue weighted by atomic mass is 10.1. The van der Waals surface area contributed by atoms with Gasteiger partial charge in [-0.25, -0.2) is 4.98 Å². The van der Waals surface area contributed by atoms with E-state index < -0.39 is 0 Å². The molecule has 1 fully saturated rings. The standard InChI is InChI=1S/C16H15N3O/c17-8-3-9-19(14-6-7-14)16-13(11-20)10-12-4-1-2-5-15(12)18-16/h1-2,4-5,10-11,14H,3,6-7,9H2. The number of pyridine rings is 1. The van der Waals surface area contributed by atoms with Crippen LogP contribution >= 0.6 is 0 Å². The summed E-state index contributed by atoms with van der Waals surface area (Å²) in [6.45, 7) is 0.632. The van der Waals surface area contributed by atoms with Crippen molar-refractivity contribution in [1.82, 2.24) is 4.98 Å². The SMILES string of the molecule is N#CCCN(c1nc2ccccc2cc1C=O)C1CC1. The molecule has 0 N–H and O–H groups in total. The van der Waals surface area contributed by atoms with E-state index in [1.165, 1.54) is 0 Å². The Balaban J connectivity index is 2.07. The van der Waals surface area contributed by atoms with E-state index in [9.17, 15) is 4.79 Å². The number of para-hydroxylation sites is 1. The van der Waals surface area contributed by atoms with Crippen LogP contribution in [0.15, 0.2) is 30.3 Å². The summed E-state index contributed by atoms with van der Waals surface area (Å²) in [5.41, 5.74) is 1.49. The van der Waals surface area contributed by atoms with E-state index in [2.05, 4.69) is 16.0 Å². The van der Waals surface area contributed by atoms with Gasteiger partial charge in [0.2, 0.25) is 0 Å². The highest BCUT2D eigenvalue weighted by Crippen LogP contribution is 2.33. The molecule has 3 rings (SSSR count). The van der Waals surface area contributed by atoms with E-state index in [-0.39, 0.29) is 0 Å². The summed E-state index contributed by atoms with van der Waals surface area (Å²) in [4.78, 5) is 18.1. The Morgan fingerprint density at radius 2 is 2.20 bits per heavy atom. The number of anilines is 1. The molecule has 0 atom stereocenters. The van der Waals surface area contributed by atoms with Crippen LogP contribution in [0.4, 0.5) is 5.82 Å². The molecular formula is C16H15N3O. The van der Waals surface area contributed by atoms with Crippen molar-refractivity contribution >= 4 is 23.0 Å². The third-order valence-corrected chi connectivity index (χ3v) is 3.58. The van der Waals surface area contributed by atoms with Crippen molar-refractivity contribution in [2.75, 3.05) is 11.4 Å². The van der Waals surface area contributed by atoms with Gasteiger partial charge in [-0.05, 0) is 25.0 Å². The smallest absolute Gasteiger partial charge is 0.153 e. The second-order valence-corrected chi connectivity index (χ2v) is 5.04. The predicted molar refractivity (Wildman–Crippen MR) is 77.7 cm³/mol. The Hall–Kier alpha value is -2.41. The van der Waals surface area contributed by atoms with Crippen molar-refractivity contribution in [2.45, 2.75) is 25.3 Å². The largest absolute Gasteiger partial charge is 0.352 e.